The van der Waals surface area contributed by atoms with E-state index < -0.39 is 11.2 Å². The normalized spacial score (nSPS) is 11.8. The summed E-state index contributed by atoms with van der Waals surface area (Å²) in [5.74, 6) is 8.05. The Kier molecular flexibility index (Phi) is 21.4. The van der Waals surface area contributed by atoms with Crippen LogP contribution in [0, 0.1) is 38.8 Å². The predicted molar refractivity (Wildman–Crippen MR) is 237 cm³/mol. The number of ether oxygens (including phenoxy) is 1. The molecule has 20 nitrogen and oxygen atoms in total. The third-order valence-corrected chi connectivity index (χ3v) is 7.96. The minimum absolute atomic E-state index is 0.0190. The Morgan fingerprint density at radius 1 is 0.967 bits per heavy atom. The van der Waals surface area contributed by atoms with Crippen molar-refractivity contribution in [1.82, 2.24) is 59.4 Å². The van der Waals surface area contributed by atoms with E-state index in [2.05, 4.69) is 96.6 Å². The number of H-pyrrole nitrogens is 2. The van der Waals surface area contributed by atoms with Gasteiger partial charge in [0.1, 0.15) is 40.7 Å². The number of aromatic amines is 2. The van der Waals surface area contributed by atoms with E-state index in [4.69, 9.17) is 56.8 Å². The second kappa shape index (κ2) is 25.0. The van der Waals surface area contributed by atoms with Crippen molar-refractivity contribution in [2.24, 2.45) is 11.3 Å². The number of nitrogens with two attached hydrogens (primary N) is 1. The number of nitrogens with zero attached hydrogens (tertiary/aromatic N) is 11. The molecule has 0 atom stereocenters. The third kappa shape index (κ3) is 19.0. The molecular formula is C36H44Cl3IN14O6. The van der Waals surface area contributed by atoms with E-state index in [9.17, 15) is 14.8 Å². The second-order valence-corrected chi connectivity index (χ2v) is 15.5. The van der Waals surface area contributed by atoms with Crippen LogP contribution in [-0.4, -0.2) is 107 Å². The van der Waals surface area contributed by atoms with Crippen LogP contribution in [0.15, 0.2) is 24.3 Å². The molecule has 6 aromatic heterocycles. The molecule has 0 aliphatic carbocycles. The van der Waals surface area contributed by atoms with Gasteiger partial charge in [0.25, 0.3) is 0 Å². The number of anilines is 1. The van der Waals surface area contributed by atoms with Gasteiger partial charge in [-0.05, 0) is 58.8 Å². The zero-order valence-electron chi connectivity index (χ0n) is 33.7. The first kappa shape index (κ1) is 51.3. The van der Waals surface area contributed by atoms with Gasteiger partial charge in [0.15, 0.2) is 41.6 Å². The fourth-order valence-corrected chi connectivity index (χ4v) is 5.05. The van der Waals surface area contributed by atoms with Gasteiger partial charge in [-0.2, -0.15) is 15.0 Å². The first-order valence-electron chi connectivity index (χ1n) is 17.7. The lowest BCUT2D eigenvalue weighted by molar-refractivity contribution is 0.0940. The minimum atomic E-state index is -1.09. The van der Waals surface area contributed by atoms with Crippen LogP contribution in [0.5, 0.6) is 0 Å². The Morgan fingerprint density at radius 2 is 1.53 bits per heavy atom. The summed E-state index contributed by atoms with van der Waals surface area (Å²) in [6, 6.07) is 0. The maximum atomic E-state index is 11.1. The predicted octanol–water partition coefficient (Wildman–Crippen LogP) is 6.38. The van der Waals surface area contributed by atoms with E-state index in [1.165, 1.54) is 37.0 Å². The van der Waals surface area contributed by atoms with Crippen molar-refractivity contribution in [3.05, 3.63) is 49.0 Å². The van der Waals surface area contributed by atoms with Crippen LogP contribution in [0.1, 0.15) is 78.3 Å². The molecule has 1 fully saturated rings. The van der Waals surface area contributed by atoms with Crippen LogP contribution in [0.25, 0.3) is 33.5 Å². The van der Waals surface area contributed by atoms with E-state index in [1.807, 2.05) is 22.6 Å². The largest absolute Gasteiger partial charge is 0.381 e. The molecule has 6 aromatic rings. The second-order valence-electron chi connectivity index (χ2n) is 13.4. The molecule has 322 valence electrons. The first-order valence-corrected chi connectivity index (χ1v) is 19.9. The summed E-state index contributed by atoms with van der Waals surface area (Å²) in [5, 5.41) is 21.1. The number of aromatic nitrogens is 12. The molecule has 0 unspecified atom stereocenters. The summed E-state index contributed by atoms with van der Waals surface area (Å²) in [4.78, 5) is 65.8. The van der Waals surface area contributed by atoms with Crippen LogP contribution in [-0.2, 0) is 9.57 Å². The third-order valence-electron chi connectivity index (χ3n) is 6.67. The van der Waals surface area contributed by atoms with Gasteiger partial charge in [-0.1, -0.05) is 60.5 Å². The summed E-state index contributed by atoms with van der Waals surface area (Å²) in [5.41, 5.74) is 6.41. The molecule has 0 radical (unpaired) electrons. The van der Waals surface area contributed by atoms with E-state index in [0.717, 1.165) is 19.6 Å². The summed E-state index contributed by atoms with van der Waals surface area (Å²) in [7, 11) is 0. The number of hydrogen-bond donors (Lipinski definition) is 5. The van der Waals surface area contributed by atoms with Crippen molar-refractivity contribution < 1.29 is 24.6 Å². The van der Waals surface area contributed by atoms with Crippen molar-refractivity contribution in [2.75, 3.05) is 25.6 Å². The SMILES string of the molecule is C#CC(C)(C)O.C1CCOC1.CC(=O)n1cnc2c(Cl)nc(N)nc21.CC(C)(O)C#Cc1nc(Cl)c2[nH]cnc2n1.CC(C)CCON=O.Clc1nc(I)nc2nc[nH]c12. The molecule has 7 rings (SSSR count). The number of aliphatic hydroxyl groups is 2. The molecule has 1 saturated heterocycles. The number of nitrogen functional groups attached to an aromatic ring is 1. The van der Waals surface area contributed by atoms with Crippen LogP contribution in [0.3, 0.4) is 0 Å². The zero-order chi connectivity index (χ0) is 45.0. The topological polar surface area (TPSA) is 284 Å². The number of terminal acetylenes is 1. The Morgan fingerprint density at radius 3 is 2.02 bits per heavy atom. The average Bonchev–Trinajstić information content (AvgIpc) is 4.00. The quantitative estimate of drug-likeness (QED) is 0.0244. The molecule has 0 bridgehead atoms. The number of fused-ring (bicyclic) bond motifs is 3. The molecular weight excluding hydrogens is 958 g/mol. The van der Waals surface area contributed by atoms with Gasteiger partial charge in [-0.15, -0.1) is 11.3 Å². The Hall–Kier alpha value is -4.88. The smallest absolute Gasteiger partial charge is 0.230 e. The fraction of sp³-hybridized carbons (Fsp3) is 0.444. The van der Waals surface area contributed by atoms with E-state index in [-0.39, 0.29) is 28.0 Å². The van der Waals surface area contributed by atoms with Gasteiger partial charge in [0.2, 0.25) is 17.7 Å². The lowest BCUT2D eigenvalue weighted by atomic mass is 10.1. The van der Waals surface area contributed by atoms with Gasteiger partial charge in [0, 0.05) is 42.7 Å². The minimum Gasteiger partial charge on any atom is -0.381 e. The van der Waals surface area contributed by atoms with Crippen LogP contribution in [0.4, 0.5) is 5.95 Å². The first-order chi connectivity index (χ1) is 28.1. The van der Waals surface area contributed by atoms with Crippen molar-refractivity contribution in [1.29, 1.82) is 0 Å². The van der Waals surface area contributed by atoms with Crippen LogP contribution < -0.4 is 5.73 Å². The summed E-state index contributed by atoms with van der Waals surface area (Å²) >= 11 is 19.4. The van der Waals surface area contributed by atoms with E-state index >= 15 is 0 Å². The van der Waals surface area contributed by atoms with Crippen molar-refractivity contribution in [3.8, 4) is 24.2 Å². The fourth-order valence-electron chi connectivity index (χ4n) is 3.78. The molecule has 1 aliphatic rings. The number of carbonyl (C=O) groups is 1. The number of imidazole rings is 3. The van der Waals surface area contributed by atoms with Crippen molar-refractivity contribution in [3.63, 3.8) is 0 Å². The lowest BCUT2D eigenvalue weighted by Crippen LogP contribution is -2.14. The molecule has 7 heterocycles. The monoisotopic (exact) mass is 1000 g/mol. The highest BCUT2D eigenvalue weighted by molar-refractivity contribution is 14.1. The lowest BCUT2D eigenvalue weighted by Gasteiger charge is -2.05. The number of rotatable bonds is 4. The standard InChI is InChI=1S/C10H9ClN4O.C7H6ClN5O.C5H2ClIN4.C5H11NO2.C5H8O.C4H8O/c1-10(2,16)4-3-6-14-8(11)7-9(15-6)13-5-12-7;1-3(14)13-2-10-4-5(8)11-7(9)12-6(4)13;6-3-2-4(9-1-8-2)11-5(7)10-3;1-5(2)3-4-8-6-7;1-4-5(2,3)6;1-2-4-5-3-1/h5,16H,1-2H3,(H,12,13,14,15);2H,1H3,(H2,9,11,12);1H,(H,8,9,10,11);5H,3-4H2,1-2H3;1,6H,2-3H3;1-4H2. The summed E-state index contributed by atoms with van der Waals surface area (Å²) < 4.78 is 6.81. The maximum Gasteiger partial charge on any atom is 0.230 e. The highest BCUT2D eigenvalue weighted by Crippen LogP contribution is 2.20. The Balaban J connectivity index is 0.000000259. The van der Waals surface area contributed by atoms with E-state index in [0.29, 0.717) is 55.0 Å². The molecule has 60 heavy (non-hydrogen) atoms. The van der Waals surface area contributed by atoms with Gasteiger partial charge in [-0.3, -0.25) is 9.36 Å². The Bertz CT molecular complexity index is 2400. The molecule has 1 aliphatic heterocycles. The number of carbonyl (C=O) groups excluding carboxylic acids is 1. The molecule has 0 saturated carbocycles. The molecule has 6 N–H and O–H groups in total. The molecule has 0 amide bonds. The number of hydrogen-bond acceptors (Lipinski definition) is 17. The number of halogens is 4. The van der Waals surface area contributed by atoms with Crippen LogP contribution >= 0.6 is 57.4 Å². The average molecular weight is 1000 g/mol. The van der Waals surface area contributed by atoms with Gasteiger partial charge in [0.05, 0.1) is 12.7 Å². The highest BCUT2D eigenvalue weighted by atomic mass is 127. The Labute approximate surface area is 373 Å². The summed E-state index contributed by atoms with van der Waals surface area (Å²) in [6.07, 6.45) is 12.6. The molecule has 0 aromatic carbocycles. The van der Waals surface area contributed by atoms with Crippen molar-refractivity contribution >= 4 is 103 Å². The number of nitrogens with one attached hydrogen (secondary N) is 2. The highest BCUT2D eigenvalue weighted by Gasteiger charge is 2.13. The van der Waals surface area contributed by atoms with Crippen molar-refractivity contribution in [2.45, 2.75) is 78.9 Å². The molecule has 0 spiro atoms. The molecule has 24 heteroatoms. The maximum absolute atomic E-state index is 11.1. The zero-order valence-corrected chi connectivity index (χ0v) is 38.1. The van der Waals surface area contributed by atoms with Gasteiger partial charge < -0.3 is 35.5 Å². The van der Waals surface area contributed by atoms with Gasteiger partial charge >= 0.3 is 0 Å². The summed E-state index contributed by atoms with van der Waals surface area (Å²) in [6.45, 7) is 14.3. The van der Waals surface area contributed by atoms with E-state index in [1.54, 1.807) is 34.0 Å². The van der Waals surface area contributed by atoms with Crippen LogP contribution in [0.2, 0.25) is 15.5 Å². The van der Waals surface area contributed by atoms with Gasteiger partial charge in [-0.25, -0.2) is 29.9 Å².